The zero-order valence-electron chi connectivity index (χ0n) is 15.7. The zero-order chi connectivity index (χ0) is 18.7. The predicted molar refractivity (Wildman–Crippen MR) is 99.6 cm³/mol. The van der Waals surface area contributed by atoms with Gasteiger partial charge in [-0.3, -0.25) is 9.59 Å². The van der Waals surface area contributed by atoms with Crippen molar-refractivity contribution in [2.75, 3.05) is 46.4 Å². The summed E-state index contributed by atoms with van der Waals surface area (Å²) in [5.74, 6) is 0.552. The molecule has 0 aromatic heterocycles. The average Bonchev–Trinajstić information content (AvgIpc) is 3.21. The highest BCUT2D eigenvalue weighted by Crippen LogP contribution is 2.26. The van der Waals surface area contributed by atoms with Crippen LogP contribution < -0.4 is 0 Å². The molecule has 2 amide bonds. The van der Waals surface area contributed by atoms with Gasteiger partial charge in [0.15, 0.2) is 0 Å². The average molecular weight is 359 g/mol. The van der Waals surface area contributed by atoms with Crippen molar-refractivity contribution in [3.05, 3.63) is 35.4 Å². The molecule has 6 heteroatoms. The van der Waals surface area contributed by atoms with E-state index in [9.17, 15) is 14.7 Å². The highest BCUT2D eigenvalue weighted by molar-refractivity contribution is 5.98. The quantitative estimate of drug-likeness (QED) is 0.790. The van der Waals surface area contributed by atoms with Gasteiger partial charge in [0.05, 0.1) is 0 Å². The van der Waals surface area contributed by atoms with E-state index in [0.29, 0.717) is 38.5 Å². The Labute approximate surface area is 155 Å². The molecule has 3 rings (SSSR count). The van der Waals surface area contributed by atoms with Crippen molar-refractivity contribution in [2.24, 2.45) is 11.8 Å². The van der Waals surface area contributed by atoms with E-state index >= 15 is 0 Å². The summed E-state index contributed by atoms with van der Waals surface area (Å²) in [6.07, 6.45) is 0.341. The summed E-state index contributed by atoms with van der Waals surface area (Å²) in [6, 6.07) is 7.63. The maximum absolute atomic E-state index is 12.6. The van der Waals surface area contributed by atoms with Crippen molar-refractivity contribution < 1.29 is 14.7 Å². The van der Waals surface area contributed by atoms with Crippen molar-refractivity contribution in [3.63, 3.8) is 0 Å². The number of aliphatic hydroxyl groups is 1. The molecule has 26 heavy (non-hydrogen) atoms. The van der Waals surface area contributed by atoms with E-state index in [-0.39, 0.29) is 24.3 Å². The van der Waals surface area contributed by atoms with Crippen LogP contribution in [0.1, 0.15) is 29.3 Å². The Balaban J connectivity index is 1.52. The summed E-state index contributed by atoms with van der Waals surface area (Å²) >= 11 is 0. The van der Waals surface area contributed by atoms with Crippen LogP contribution >= 0.6 is 0 Å². The number of amides is 2. The van der Waals surface area contributed by atoms with Gasteiger partial charge in [0.1, 0.15) is 0 Å². The molecule has 1 N–H and O–H groups in total. The van der Waals surface area contributed by atoms with Crippen molar-refractivity contribution >= 4 is 11.8 Å². The lowest BCUT2D eigenvalue weighted by atomic mass is 9.96. The largest absolute Gasteiger partial charge is 0.396 e. The third-order valence-corrected chi connectivity index (χ3v) is 5.74. The minimum atomic E-state index is 0.0190. The number of rotatable bonds is 7. The number of carbonyl (C=O) groups excluding carboxylic acids is 2. The van der Waals surface area contributed by atoms with Crippen molar-refractivity contribution in [3.8, 4) is 0 Å². The van der Waals surface area contributed by atoms with Crippen LogP contribution in [0.2, 0.25) is 0 Å². The van der Waals surface area contributed by atoms with Crippen LogP contribution in [0.3, 0.4) is 0 Å². The molecule has 2 aliphatic heterocycles. The standard InChI is InChI=1S/C20H29N3O3/c1-3-21(2)10-16-12-23(13-17(16)14-24)19(25)8-9-22-11-15-6-4-5-7-18(15)20(22)26/h4-7,16-17,24H,3,8-14H2,1-2H3/t16-,17-/m1/s1. The number of hydrogen-bond acceptors (Lipinski definition) is 4. The maximum Gasteiger partial charge on any atom is 0.254 e. The van der Waals surface area contributed by atoms with Crippen molar-refractivity contribution in [2.45, 2.75) is 19.9 Å². The molecular weight excluding hydrogens is 330 g/mol. The van der Waals surface area contributed by atoms with Crippen LogP contribution in [0.4, 0.5) is 0 Å². The molecular formula is C20H29N3O3. The van der Waals surface area contributed by atoms with E-state index in [1.54, 1.807) is 4.90 Å². The van der Waals surface area contributed by atoms with Gasteiger partial charge >= 0.3 is 0 Å². The molecule has 142 valence electrons. The minimum absolute atomic E-state index is 0.0190. The summed E-state index contributed by atoms with van der Waals surface area (Å²) in [5.41, 5.74) is 1.79. The minimum Gasteiger partial charge on any atom is -0.396 e. The van der Waals surface area contributed by atoms with Crippen LogP contribution in [0.25, 0.3) is 0 Å². The van der Waals surface area contributed by atoms with E-state index in [4.69, 9.17) is 0 Å². The molecule has 0 radical (unpaired) electrons. The lowest BCUT2D eigenvalue weighted by molar-refractivity contribution is -0.130. The molecule has 1 saturated heterocycles. The topological polar surface area (TPSA) is 64.1 Å². The molecule has 0 spiro atoms. The molecule has 1 aromatic rings. The third kappa shape index (κ3) is 3.91. The summed E-state index contributed by atoms with van der Waals surface area (Å²) in [7, 11) is 2.07. The van der Waals surface area contributed by atoms with Crippen LogP contribution in [0.5, 0.6) is 0 Å². The fourth-order valence-electron chi connectivity index (χ4n) is 3.97. The SMILES string of the molecule is CCN(C)C[C@@H]1CN(C(=O)CCN2Cc3ccccc3C2=O)C[C@@H]1CO. The molecule has 1 aromatic carbocycles. The second-order valence-corrected chi connectivity index (χ2v) is 7.49. The van der Waals surface area contributed by atoms with E-state index in [0.717, 1.165) is 24.2 Å². The molecule has 0 bridgehead atoms. The highest BCUT2D eigenvalue weighted by Gasteiger charge is 2.35. The lowest BCUT2D eigenvalue weighted by Gasteiger charge is -2.22. The summed E-state index contributed by atoms with van der Waals surface area (Å²) in [5, 5.41) is 9.65. The number of benzene rings is 1. The molecule has 2 aliphatic rings. The summed E-state index contributed by atoms with van der Waals surface area (Å²) in [6.45, 7) is 6.43. The monoisotopic (exact) mass is 359 g/mol. The van der Waals surface area contributed by atoms with E-state index < -0.39 is 0 Å². The number of likely N-dealkylation sites (tertiary alicyclic amines) is 1. The fraction of sp³-hybridized carbons (Fsp3) is 0.600. The number of nitrogens with zero attached hydrogens (tertiary/aromatic N) is 3. The van der Waals surface area contributed by atoms with E-state index in [2.05, 4.69) is 18.9 Å². The Kier molecular flexibility index (Phi) is 5.94. The summed E-state index contributed by atoms with van der Waals surface area (Å²) < 4.78 is 0. The first-order valence-electron chi connectivity index (χ1n) is 9.47. The van der Waals surface area contributed by atoms with Crippen LogP contribution in [-0.2, 0) is 11.3 Å². The number of hydrogen-bond donors (Lipinski definition) is 1. The maximum atomic E-state index is 12.6. The van der Waals surface area contributed by atoms with E-state index in [1.165, 1.54) is 0 Å². The van der Waals surface area contributed by atoms with Gasteiger partial charge in [-0.2, -0.15) is 0 Å². The van der Waals surface area contributed by atoms with Gasteiger partial charge in [-0.25, -0.2) is 0 Å². The number of aliphatic hydroxyl groups excluding tert-OH is 1. The van der Waals surface area contributed by atoms with Gasteiger partial charge in [0.25, 0.3) is 5.91 Å². The van der Waals surface area contributed by atoms with Gasteiger partial charge in [0, 0.05) is 57.2 Å². The first-order chi connectivity index (χ1) is 12.5. The highest BCUT2D eigenvalue weighted by atomic mass is 16.3. The number of carbonyl (C=O) groups is 2. The zero-order valence-corrected chi connectivity index (χ0v) is 15.7. The first-order valence-corrected chi connectivity index (χ1v) is 9.47. The van der Waals surface area contributed by atoms with Crippen LogP contribution in [0, 0.1) is 11.8 Å². The third-order valence-electron chi connectivity index (χ3n) is 5.74. The van der Waals surface area contributed by atoms with Gasteiger partial charge in [0.2, 0.25) is 5.91 Å². The summed E-state index contributed by atoms with van der Waals surface area (Å²) in [4.78, 5) is 30.9. The van der Waals surface area contributed by atoms with Crippen LogP contribution in [-0.4, -0.2) is 78.0 Å². The Bertz CT molecular complexity index is 663. The smallest absolute Gasteiger partial charge is 0.254 e. The van der Waals surface area contributed by atoms with Gasteiger partial charge in [-0.1, -0.05) is 25.1 Å². The molecule has 0 unspecified atom stereocenters. The molecule has 0 aliphatic carbocycles. The first kappa shape index (κ1) is 18.9. The number of fused-ring (bicyclic) bond motifs is 1. The Morgan fingerprint density at radius 2 is 2.00 bits per heavy atom. The fourth-order valence-corrected chi connectivity index (χ4v) is 3.97. The Hall–Kier alpha value is -1.92. The lowest BCUT2D eigenvalue weighted by Crippen LogP contribution is -2.34. The normalized spacial score (nSPS) is 22.4. The second-order valence-electron chi connectivity index (χ2n) is 7.49. The van der Waals surface area contributed by atoms with Crippen molar-refractivity contribution in [1.29, 1.82) is 0 Å². The van der Waals surface area contributed by atoms with Crippen molar-refractivity contribution in [1.82, 2.24) is 14.7 Å². The van der Waals surface area contributed by atoms with Gasteiger partial charge in [-0.05, 0) is 31.1 Å². The second kappa shape index (κ2) is 8.18. The molecule has 2 heterocycles. The van der Waals surface area contributed by atoms with E-state index in [1.807, 2.05) is 29.2 Å². The Morgan fingerprint density at radius 1 is 1.27 bits per heavy atom. The molecule has 2 atom stereocenters. The van der Waals surface area contributed by atoms with Gasteiger partial charge in [-0.15, -0.1) is 0 Å². The molecule has 1 fully saturated rings. The molecule has 6 nitrogen and oxygen atoms in total. The molecule has 0 saturated carbocycles. The van der Waals surface area contributed by atoms with Crippen LogP contribution in [0.15, 0.2) is 24.3 Å². The Morgan fingerprint density at radius 3 is 2.69 bits per heavy atom. The predicted octanol–water partition coefficient (Wildman–Crippen LogP) is 1.05. The van der Waals surface area contributed by atoms with Gasteiger partial charge < -0.3 is 19.8 Å².